The molecular formula is C52H34N2. The van der Waals surface area contributed by atoms with Crippen LogP contribution in [0.15, 0.2) is 206 Å². The highest BCUT2D eigenvalue weighted by atomic mass is 14.9. The molecule has 2 heteroatoms. The van der Waals surface area contributed by atoms with E-state index in [4.69, 9.17) is 9.97 Å². The lowest BCUT2D eigenvalue weighted by molar-refractivity contribution is 1.18. The Kier molecular flexibility index (Phi) is 7.85. The minimum atomic E-state index is 0.698. The average Bonchev–Trinajstić information content (AvgIpc) is 3.26. The van der Waals surface area contributed by atoms with E-state index in [1.807, 2.05) is 6.07 Å². The fraction of sp³-hybridized carbons (Fsp3) is 0. The van der Waals surface area contributed by atoms with Crippen LogP contribution in [-0.2, 0) is 0 Å². The van der Waals surface area contributed by atoms with E-state index in [0.29, 0.717) is 5.82 Å². The Hall–Kier alpha value is -7.16. The SMILES string of the molecule is c1ccc(-c2ccc(-c3cccc(-c4cc(-c5ccccc5)nc(-c5ccc(-c6c7ccccc7cc7ccc8ccccc8c67)cc5)n4)c3)cc2)cc1. The van der Waals surface area contributed by atoms with Gasteiger partial charge in [0, 0.05) is 16.7 Å². The molecule has 1 heterocycles. The van der Waals surface area contributed by atoms with E-state index in [9.17, 15) is 0 Å². The van der Waals surface area contributed by atoms with Crippen LogP contribution in [-0.4, -0.2) is 9.97 Å². The fourth-order valence-corrected chi connectivity index (χ4v) is 7.75. The molecule has 0 amide bonds. The van der Waals surface area contributed by atoms with E-state index in [-0.39, 0.29) is 0 Å². The first kappa shape index (κ1) is 31.6. The van der Waals surface area contributed by atoms with E-state index in [2.05, 4.69) is 200 Å². The number of hydrogen-bond donors (Lipinski definition) is 0. The van der Waals surface area contributed by atoms with Crippen LogP contribution in [0.25, 0.3) is 99.6 Å². The fourth-order valence-electron chi connectivity index (χ4n) is 7.75. The molecule has 0 aliphatic carbocycles. The molecule has 0 aliphatic heterocycles. The van der Waals surface area contributed by atoms with Crippen LogP contribution in [0.2, 0.25) is 0 Å². The molecule has 252 valence electrons. The summed E-state index contributed by atoms with van der Waals surface area (Å²) in [5.41, 5.74) is 12.0. The summed E-state index contributed by atoms with van der Waals surface area (Å²) in [6.07, 6.45) is 0. The summed E-state index contributed by atoms with van der Waals surface area (Å²) in [7, 11) is 0. The summed E-state index contributed by atoms with van der Waals surface area (Å²) < 4.78 is 0. The van der Waals surface area contributed by atoms with E-state index >= 15 is 0 Å². The summed E-state index contributed by atoms with van der Waals surface area (Å²) in [6, 6.07) is 73.4. The Balaban J connectivity index is 1.07. The molecule has 0 N–H and O–H groups in total. The van der Waals surface area contributed by atoms with Gasteiger partial charge in [-0.2, -0.15) is 0 Å². The third-order valence-electron chi connectivity index (χ3n) is 10.5. The zero-order valence-corrected chi connectivity index (χ0v) is 29.5. The quantitative estimate of drug-likeness (QED) is 0.129. The summed E-state index contributed by atoms with van der Waals surface area (Å²) in [6.45, 7) is 0. The van der Waals surface area contributed by atoms with Crippen LogP contribution < -0.4 is 0 Å². The highest BCUT2D eigenvalue weighted by Gasteiger charge is 2.15. The average molecular weight is 687 g/mol. The Bertz CT molecular complexity index is 2950. The van der Waals surface area contributed by atoms with Crippen molar-refractivity contribution >= 4 is 32.3 Å². The number of benzene rings is 9. The van der Waals surface area contributed by atoms with E-state index in [0.717, 1.165) is 33.6 Å². The van der Waals surface area contributed by atoms with Crippen molar-refractivity contribution in [3.63, 3.8) is 0 Å². The molecule has 0 radical (unpaired) electrons. The molecule has 54 heavy (non-hydrogen) atoms. The van der Waals surface area contributed by atoms with Crippen molar-refractivity contribution in [3.05, 3.63) is 206 Å². The van der Waals surface area contributed by atoms with E-state index in [1.165, 1.54) is 60.1 Å². The molecular weight excluding hydrogens is 653 g/mol. The highest BCUT2D eigenvalue weighted by Crippen LogP contribution is 2.41. The van der Waals surface area contributed by atoms with Gasteiger partial charge in [0.25, 0.3) is 0 Å². The monoisotopic (exact) mass is 686 g/mol. The second-order valence-corrected chi connectivity index (χ2v) is 13.8. The topological polar surface area (TPSA) is 25.8 Å². The summed E-state index contributed by atoms with van der Waals surface area (Å²) in [5.74, 6) is 0.698. The van der Waals surface area contributed by atoms with Gasteiger partial charge in [0.05, 0.1) is 11.4 Å². The Labute approximate surface area is 314 Å². The van der Waals surface area contributed by atoms with Crippen LogP contribution in [0.1, 0.15) is 0 Å². The van der Waals surface area contributed by atoms with Gasteiger partial charge in [-0.25, -0.2) is 9.97 Å². The first-order valence-corrected chi connectivity index (χ1v) is 18.4. The van der Waals surface area contributed by atoms with Crippen LogP contribution in [0.5, 0.6) is 0 Å². The molecule has 0 fully saturated rings. The third kappa shape index (κ3) is 5.81. The summed E-state index contributed by atoms with van der Waals surface area (Å²) in [5, 5.41) is 7.50. The molecule has 10 aromatic rings. The standard InChI is InChI=1S/C52H34N2/c1-3-12-35(13-4-1)36-22-24-37(25-23-36)42-18-11-19-44(32-42)49-34-48(39-15-5-2-6-16-39)53-52(54-49)41-29-27-40(28-30-41)50-47-21-10-8-17-43(47)33-45-31-26-38-14-7-9-20-46(38)51(45)50/h1-34H. The molecule has 0 saturated carbocycles. The molecule has 0 spiro atoms. The Morgan fingerprint density at radius 1 is 0.259 bits per heavy atom. The summed E-state index contributed by atoms with van der Waals surface area (Å²) >= 11 is 0. The van der Waals surface area contributed by atoms with Crippen LogP contribution in [0, 0.1) is 0 Å². The smallest absolute Gasteiger partial charge is 0.160 e. The number of fused-ring (bicyclic) bond motifs is 4. The molecule has 1 aromatic heterocycles. The van der Waals surface area contributed by atoms with Gasteiger partial charge in [0.1, 0.15) is 0 Å². The second kappa shape index (κ2) is 13.4. The lowest BCUT2D eigenvalue weighted by Crippen LogP contribution is -1.96. The highest BCUT2D eigenvalue weighted by molar-refractivity contribution is 6.21. The zero-order valence-electron chi connectivity index (χ0n) is 29.5. The third-order valence-corrected chi connectivity index (χ3v) is 10.5. The molecule has 2 nitrogen and oxygen atoms in total. The molecule has 0 atom stereocenters. The maximum Gasteiger partial charge on any atom is 0.160 e. The number of hydrogen-bond acceptors (Lipinski definition) is 2. The van der Waals surface area contributed by atoms with Crippen molar-refractivity contribution in [1.29, 1.82) is 0 Å². The lowest BCUT2D eigenvalue weighted by atomic mass is 9.89. The van der Waals surface area contributed by atoms with E-state index in [1.54, 1.807) is 0 Å². The Morgan fingerprint density at radius 2 is 0.759 bits per heavy atom. The second-order valence-electron chi connectivity index (χ2n) is 13.8. The molecule has 0 aliphatic rings. The van der Waals surface area contributed by atoms with Gasteiger partial charge in [-0.05, 0) is 83.9 Å². The van der Waals surface area contributed by atoms with Crippen molar-refractivity contribution in [2.75, 3.05) is 0 Å². The number of aromatic nitrogens is 2. The number of nitrogens with zero attached hydrogens (tertiary/aromatic N) is 2. The van der Waals surface area contributed by atoms with E-state index < -0.39 is 0 Å². The molecule has 0 unspecified atom stereocenters. The van der Waals surface area contributed by atoms with Crippen molar-refractivity contribution in [3.8, 4) is 67.3 Å². The number of rotatable bonds is 6. The summed E-state index contributed by atoms with van der Waals surface area (Å²) in [4.78, 5) is 10.4. The van der Waals surface area contributed by atoms with Crippen molar-refractivity contribution in [2.24, 2.45) is 0 Å². The molecule has 0 bridgehead atoms. The van der Waals surface area contributed by atoms with Gasteiger partial charge in [0.15, 0.2) is 5.82 Å². The first-order chi connectivity index (χ1) is 26.7. The van der Waals surface area contributed by atoms with Crippen LogP contribution in [0.3, 0.4) is 0 Å². The molecule has 9 aromatic carbocycles. The first-order valence-electron chi connectivity index (χ1n) is 18.4. The van der Waals surface area contributed by atoms with Gasteiger partial charge in [-0.3, -0.25) is 0 Å². The predicted molar refractivity (Wildman–Crippen MR) is 227 cm³/mol. The lowest BCUT2D eigenvalue weighted by Gasteiger charge is -2.15. The maximum absolute atomic E-state index is 5.22. The van der Waals surface area contributed by atoms with Gasteiger partial charge in [-0.15, -0.1) is 0 Å². The largest absolute Gasteiger partial charge is 0.228 e. The minimum Gasteiger partial charge on any atom is -0.228 e. The molecule has 0 saturated heterocycles. The molecule has 10 rings (SSSR count). The predicted octanol–water partition coefficient (Wildman–Crippen LogP) is 13.9. The van der Waals surface area contributed by atoms with Gasteiger partial charge < -0.3 is 0 Å². The zero-order chi connectivity index (χ0) is 35.8. The minimum absolute atomic E-state index is 0.698. The Morgan fingerprint density at radius 3 is 1.50 bits per heavy atom. The van der Waals surface area contributed by atoms with Crippen LogP contribution >= 0.6 is 0 Å². The van der Waals surface area contributed by atoms with Crippen molar-refractivity contribution < 1.29 is 0 Å². The van der Waals surface area contributed by atoms with Gasteiger partial charge in [-0.1, -0.05) is 188 Å². The van der Waals surface area contributed by atoms with Crippen LogP contribution in [0.4, 0.5) is 0 Å². The van der Waals surface area contributed by atoms with Crippen molar-refractivity contribution in [2.45, 2.75) is 0 Å². The van der Waals surface area contributed by atoms with Gasteiger partial charge in [0.2, 0.25) is 0 Å². The van der Waals surface area contributed by atoms with Gasteiger partial charge >= 0.3 is 0 Å². The maximum atomic E-state index is 5.22. The van der Waals surface area contributed by atoms with Crippen molar-refractivity contribution in [1.82, 2.24) is 9.97 Å². The normalized spacial score (nSPS) is 11.3.